The van der Waals surface area contributed by atoms with E-state index in [4.69, 9.17) is 4.74 Å². The Bertz CT molecular complexity index is 445. The number of esters is 1. The van der Waals surface area contributed by atoms with Crippen LogP contribution in [0.25, 0.3) is 0 Å². The zero-order chi connectivity index (χ0) is 11.3. The molecule has 15 heavy (non-hydrogen) atoms. The first-order valence-corrected chi connectivity index (χ1v) is 4.19. The number of para-hydroxylation sites is 2. The third-order valence-electron chi connectivity index (χ3n) is 1.58. The molecule has 0 saturated carbocycles. The zero-order valence-electron chi connectivity index (χ0n) is 8.19. The van der Waals surface area contributed by atoms with Gasteiger partial charge >= 0.3 is 5.97 Å². The Balaban J connectivity index is 2.98. The highest BCUT2D eigenvalue weighted by molar-refractivity contribution is 5.89. The molecule has 1 aromatic rings. The molecule has 0 amide bonds. The molecule has 0 aliphatic carbocycles. The SMILES string of the molecule is C=C(C)C(=O)Oc1ccccc1N=C=O. The number of hydrogen-bond acceptors (Lipinski definition) is 4. The van der Waals surface area contributed by atoms with Gasteiger partial charge in [-0.15, -0.1) is 0 Å². The Hall–Kier alpha value is -2.19. The third-order valence-corrected chi connectivity index (χ3v) is 1.58. The van der Waals surface area contributed by atoms with Crippen LogP contribution in [-0.2, 0) is 9.59 Å². The van der Waals surface area contributed by atoms with Crippen molar-refractivity contribution in [3.63, 3.8) is 0 Å². The lowest BCUT2D eigenvalue weighted by atomic mass is 10.3. The first kappa shape index (κ1) is 10.9. The molecule has 1 rings (SSSR count). The summed E-state index contributed by atoms with van der Waals surface area (Å²) in [6.07, 6.45) is 1.39. The minimum Gasteiger partial charge on any atom is -0.421 e. The molecular weight excluding hydrogens is 194 g/mol. The number of isocyanates is 1. The molecule has 0 saturated heterocycles. The Morgan fingerprint density at radius 2 is 2.13 bits per heavy atom. The highest BCUT2D eigenvalue weighted by Gasteiger charge is 2.08. The summed E-state index contributed by atoms with van der Waals surface area (Å²) >= 11 is 0. The largest absolute Gasteiger partial charge is 0.421 e. The summed E-state index contributed by atoms with van der Waals surface area (Å²) in [5.74, 6) is -0.336. The fraction of sp³-hybridized carbons (Fsp3) is 0.0909. The van der Waals surface area contributed by atoms with Crippen molar-refractivity contribution in [2.75, 3.05) is 0 Å². The number of hydrogen-bond donors (Lipinski definition) is 0. The fourth-order valence-electron chi connectivity index (χ4n) is 0.872. The summed E-state index contributed by atoms with van der Waals surface area (Å²) in [4.78, 5) is 24.7. The standard InChI is InChI=1S/C11H9NO3/c1-8(2)11(14)15-10-6-4-3-5-9(10)12-7-13/h3-6H,1H2,2H3. The minimum absolute atomic E-state index is 0.217. The summed E-state index contributed by atoms with van der Waals surface area (Å²) in [5.41, 5.74) is 0.544. The van der Waals surface area contributed by atoms with Gasteiger partial charge in [-0.2, -0.15) is 4.99 Å². The average molecular weight is 203 g/mol. The average Bonchev–Trinajstić information content (AvgIpc) is 2.21. The Kier molecular flexibility index (Phi) is 3.55. The van der Waals surface area contributed by atoms with Gasteiger partial charge in [0.15, 0.2) is 5.75 Å². The van der Waals surface area contributed by atoms with Gasteiger partial charge in [0.1, 0.15) is 5.69 Å². The molecule has 0 aliphatic heterocycles. The number of ether oxygens (including phenoxy) is 1. The van der Waals surface area contributed by atoms with Gasteiger partial charge in [0.05, 0.1) is 0 Å². The van der Waals surface area contributed by atoms with Crippen molar-refractivity contribution in [3.8, 4) is 5.75 Å². The second-order valence-corrected chi connectivity index (χ2v) is 2.84. The van der Waals surface area contributed by atoms with E-state index in [9.17, 15) is 9.59 Å². The molecule has 0 atom stereocenters. The van der Waals surface area contributed by atoms with Crippen LogP contribution >= 0.6 is 0 Å². The molecule has 0 bridgehead atoms. The van der Waals surface area contributed by atoms with Crippen LogP contribution < -0.4 is 4.74 Å². The predicted octanol–water partition coefficient (Wildman–Crippen LogP) is 2.14. The summed E-state index contributed by atoms with van der Waals surface area (Å²) in [6, 6.07) is 6.43. The number of carbonyl (C=O) groups excluding carboxylic acids is 2. The van der Waals surface area contributed by atoms with E-state index in [1.165, 1.54) is 19.1 Å². The first-order chi connectivity index (χ1) is 7.15. The Morgan fingerprint density at radius 3 is 2.73 bits per heavy atom. The van der Waals surface area contributed by atoms with E-state index in [0.717, 1.165) is 0 Å². The number of aliphatic imine (C=N–C) groups is 1. The topological polar surface area (TPSA) is 55.7 Å². The van der Waals surface area contributed by atoms with E-state index in [0.29, 0.717) is 0 Å². The third kappa shape index (κ3) is 2.90. The van der Waals surface area contributed by atoms with Crippen LogP contribution in [0.4, 0.5) is 5.69 Å². The van der Waals surface area contributed by atoms with Crippen LogP contribution in [0.3, 0.4) is 0 Å². The molecule has 0 unspecified atom stereocenters. The van der Waals surface area contributed by atoms with Crippen molar-refractivity contribution in [2.24, 2.45) is 4.99 Å². The highest BCUT2D eigenvalue weighted by Crippen LogP contribution is 2.26. The van der Waals surface area contributed by atoms with Crippen molar-refractivity contribution in [1.29, 1.82) is 0 Å². The minimum atomic E-state index is -0.552. The number of rotatable bonds is 3. The quantitative estimate of drug-likeness (QED) is 0.248. The fourth-order valence-corrected chi connectivity index (χ4v) is 0.872. The van der Waals surface area contributed by atoms with Crippen LogP contribution in [0, 0.1) is 0 Å². The normalized spacial score (nSPS) is 8.87. The Morgan fingerprint density at radius 1 is 1.47 bits per heavy atom. The van der Waals surface area contributed by atoms with Gasteiger partial charge in [-0.05, 0) is 19.1 Å². The van der Waals surface area contributed by atoms with Gasteiger partial charge in [-0.3, -0.25) is 0 Å². The van der Waals surface area contributed by atoms with Gasteiger partial charge in [0.25, 0.3) is 0 Å². The predicted molar refractivity (Wildman–Crippen MR) is 54.7 cm³/mol. The van der Waals surface area contributed by atoms with Crippen molar-refractivity contribution >= 4 is 17.7 Å². The van der Waals surface area contributed by atoms with E-state index < -0.39 is 5.97 Å². The monoisotopic (exact) mass is 203 g/mol. The smallest absolute Gasteiger partial charge is 0.338 e. The maximum Gasteiger partial charge on any atom is 0.338 e. The second-order valence-electron chi connectivity index (χ2n) is 2.84. The molecular formula is C11H9NO3. The van der Waals surface area contributed by atoms with E-state index in [-0.39, 0.29) is 17.0 Å². The maximum atomic E-state index is 11.2. The number of carbonyl (C=O) groups is 1. The number of nitrogens with zero attached hydrogens (tertiary/aromatic N) is 1. The summed E-state index contributed by atoms with van der Waals surface area (Å²) in [7, 11) is 0. The van der Waals surface area contributed by atoms with Gasteiger partial charge in [-0.1, -0.05) is 18.7 Å². The van der Waals surface area contributed by atoms with Crippen LogP contribution in [0.2, 0.25) is 0 Å². The van der Waals surface area contributed by atoms with Crippen molar-refractivity contribution in [3.05, 3.63) is 36.4 Å². The lowest BCUT2D eigenvalue weighted by Gasteiger charge is -2.04. The van der Waals surface area contributed by atoms with Crippen LogP contribution in [0.1, 0.15) is 6.92 Å². The van der Waals surface area contributed by atoms with Gasteiger partial charge in [0.2, 0.25) is 6.08 Å². The molecule has 0 aliphatic rings. The lowest BCUT2D eigenvalue weighted by molar-refractivity contribution is -0.130. The van der Waals surface area contributed by atoms with Gasteiger partial charge < -0.3 is 4.74 Å². The second kappa shape index (κ2) is 4.88. The Labute approximate surface area is 86.9 Å². The van der Waals surface area contributed by atoms with E-state index >= 15 is 0 Å². The highest BCUT2D eigenvalue weighted by atomic mass is 16.5. The molecule has 0 N–H and O–H groups in total. The van der Waals surface area contributed by atoms with Crippen LogP contribution in [0.5, 0.6) is 5.75 Å². The molecule has 0 aromatic heterocycles. The molecule has 1 aromatic carbocycles. The van der Waals surface area contributed by atoms with E-state index in [1.54, 1.807) is 18.2 Å². The number of benzene rings is 1. The molecule has 0 spiro atoms. The molecule has 0 radical (unpaired) electrons. The summed E-state index contributed by atoms with van der Waals surface area (Å²) in [6.45, 7) is 4.98. The van der Waals surface area contributed by atoms with Crippen molar-refractivity contribution < 1.29 is 14.3 Å². The van der Waals surface area contributed by atoms with Crippen molar-refractivity contribution in [1.82, 2.24) is 0 Å². The molecule has 0 fully saturated rings. The summed E-state index contributed by atoms with van der Waals surface area (Å²) in [5, 5.41) is 0. The van der Waals surface area contributed by atoms with Crippen molar-refractivity contribution in [2.45, 2.75) is 6.92 Å². The molecule has 0 heterocycles. The van der Waals surface area contributed by atoms with Crippen LogP contribution in [-0.4, -0.2) is 12.0 Å². The molecule has 4 heteroatoms. The molecule has 76 valence electrons. The maximum absolute atomic E-state index is 11.2. The van der Waals surface area contributed by atoms with Gasteiger partial charge in [-0.25, -0.2) is 9.59 Å². The zero-order valence-corrected chi connectivity index (χ0v) is 8.19. The first-order valence-electron chi connectivity index (χ1n) is 4.19. The summed E-state index contributed by atoms with van der Waals surface area (Å²) < 4.78 is 4.95. The van der Waals surface area contributed by atoms with Gasteiger partial charge in [0, 0.05) is 5.57 Å². The molecule has 4 nitrogen and oxygen atoms in total. The van der Waals surface area contributed by atoms with Crippen LogP contribution in [0.15, 0.2) is 41.4 Å². The van der Waals surface area contributed by atoms with E-state index in [2.05, 4.69) is 11.6 Å². The lowest BCUT2D eigenvalue weighted by Crippen LogP contribution is -2.08. The van der Waals surface area contributed by atoms with E-state index in [1.807, 2.05) is 0 Å².